The minimum Gasteiger partial charge on any atom is -0.289 e. The summed E-state index contributed by atoms with van der Waals surface area (Å²) in [5, 5.41) is 3.60. The van der Waals surface area contributed by atoms with E-state index in [1.165, 1.54) is 15.9 Å². The number of carbonyl (C=O) groups excluding carboxylic acids is 1. The summed E-state index contributed by atoms with van der Waals surface area (Å²) in [7, 11) is -2.46. The van der Waals surface area contributed by atoms with Crippen molar-refractivity contribution < 1.29 is 4.79 Å². The van der Waals surface area contributed by atoms with Crippen LogP contribution in [-0.2, 0) is 0 Å². The van der Waals surface area contributed by atoms with Crippen LogP contribution in [0.4, 0.5) is 0 Å². The van der Waals surface area contributed by atoms with Gasteiger partial charge in [-0.05, 0) is 36.4 Å². The topological polar surface area (TPSA) is 17.1 Å². The highest BCUT2D eigenvalue weighted by Gasteiger charge is 2.56. The van der Waals surface area contributed by atoms with E-state index in [4.69, 9.17) is 0 Å². The predicted molar refractivity (Wildman–Crippen MR) is 145 cm³/mol. The van der Waals surface area contributed by atoms with Gasteiger partial charge in [-0.3, -0.25) is 4.79 Å². The second-order valence-electron chi connectivity index (χ2n) is 8.27. The Labute approximate surface area is 202 Å². The first-order valence-corrected chi connectivity index (χ1v) is 13.4. The molecule has 0 N–H and O–H groups in total. The van der Waals surface area contributed by atoms with Crippen LogP contribution < -0.4 is 15.9 Å². The third-order valence-corrected chi connectivity index (χ3v) is 10.9. The summed E-state index contributed by atoms with van der Waals surface area (Å²) in [6.45, 7) is 0. The number of Topliss-reactive ketones (excluding diaryl/α,β-unsaturated/α-hetero) is 1. The van der Waals surface area contributed by atoms with Gasteiger partial charge in [0.05, 0.1) is 0 Å². The van der Waals surface area contributed by atoms with Crippen molar-refractivity contribution in [1.29, 1.82) is 0 Å². The first-order chi connectivity index (χ1) is 16.8. The van der Waals surface area contributed by atoms with Crippen molar-refractivity contribution in [3.63, 3.8) is 0 Å². The van der Waals surface area contributed by atoms with Crippen LogP contribution in [-0.4, -0.2) is 5.78 Å². The molecule has 5 rings (SSSR count). The van der Waals surface area contributed by atoms with Gasteiger partial charge in [-0.1, -0.05) is 115 Å². The van der Waals surface area contributed by atoms with Crippen LogP contribution >= 0.6 is 7.26 Å². The molecule has 0 radical (unpaired) electrons. The maximum Gasteiger partial charge on any atom is 0.208 e. The Morgan fingerprint density at radius 2 is 0.765 bits per heavy atom. The zero-order valence-corrected chi connectivity index (χ0v) is 19.8. The average molecular weight is 458 g/mol. The van der Waals surface area contributed by atoms with E-state index in [0.29, 0.717) is 0 Å². The molecule has 0 aliphatic carbocycles. The van der Waals surface area contributed by atoms with E-state index in [9.17, 15) is 4.79 Å². The lowest BCUT2D eigenvalue weighted by molar-refractivity contribution is 0.0987. The number of hydrogen-bond donors (Lipinski definition) is 0. The SMILES string of the molecule is O=C(c1ccccc1)C(c1ccccc1)[P+](c1ccccc1)(c1ccccc1)c1ccccc1. The number of benzene rings is 5. The largest absolute Gasteiger partial charge is 0.289 e. The maximum atomic E-state index is 14.5. The van der Waals surface area contributed by atoms with Crippen molar-refractivity contribution in [2.45, 2.75) is 5.66 Å². The molecule has 0 bridgehead atoms. The minimum absolute atomic E-state index is 0.150. The normalized spacial score (nSPS) is 12.1. The molecule has 5 aromatic carbocycles. The molecule has 0 aromatic heterocycles. The second kappa shape index (κ2) is 10.00. The molecule has 0 saturated carbocycles. The molecule has 2 heteroatoms. The van der Waals surface area contributed by atoms with Gasteiger partial charge in [0.2, 0.25) is 5.78 Å². The highest BCUT2D eigenvalue weighted by atomic mass is 31.2. The van der Waals surface area contributed by atoms with Crippen LogP contribution in [0.3, 0.4) is 0 Å². The molecule has 1 nitrogen and oxygen atoms in total. The maximum absolute atomic E-state index is 14.5. The molecule has 1 atom stereocenters. The van der Waals surface area contributed by atoms with Gasteiger partial charge in [-0.15, -0.1) is 0 Å². The number of rotatable bonds is 7. The highest BCUT2D eigenvalue weighted by molar-refractivity contribution is 7.96. The number of ketones is 1. The third-order valence-electron chi connectivity index (χ3n) is 6.30. The van der Waals surface area contributed by atoms with Crippen molar-refractivity contribution in [3.8, 4) is 0 Å². The van der Waals surface area contributed by atoms with Gasteiger partial charge in [0.25, 0.3) is 0 Å². The van der Waals surface area contributed by atoms with E-state index in [-0.39, 0.29) is 11.4 Å². The Bertz CT molecular complexity index is 1240. The molecule has 34 heavy (non-hydrogen) atoms. The Morgan fingerprint density at radius 3 is 1.15 bits per heavy atom. The van der Waals surface area contributed by atoms with Crippen LogP contribution in [0.2, 0.25) is 0 Å². The van der Waals surface area contributed by atoms with Crippen molar-refractivity contribution >= 4 is 29.0 Å². The molecule has 0 aliphatic heterocycles. The van der Waals surface area contributed by atoms with Crippen molar-refractivity contribution in [3.05, 3.63) is 163 Å². The summed E-state index contributed by atoms with van der Waals surface area (Å²) in [6.07, 6.45) is 0. The fourth-order valence-corrected chi connectivity index (χ4v) is 9.67. The van der Waals surface area contributed by atoms with E-state index >= 15 is 0 Å². The van der Waals surface area contributed by atoms with Gasteiger partial charge in [-0.2, -0.15) is 0 Å². The van der Waals surface area contributed by atoms with Crippen LogP contribution in [0.25, 0.3) is 0 Å². The van der Waals surface area contributed by atoms with E-state index < -0.39 is 7.26 Å². The molecule has 164 valence electrons. The smallest absolute Gasteiger partial charge is 0.208 e. The molecule has 1 unspecified atom stereocenters. The molecule has 0 saturated heterocycles. The lowest BCUT2D eigenvalue weighted by Gasteiger charge is -2.34. The Balaban J connectivity index is 1.91. The van der Waals surface area contributed by atoms with E-state index in [1.807, 2.05) is 66.7 Å². The highest BCUT2D eigenvalue weighted by Crippen LogP contribution is 2.67. The summed E-state index contributed by atoms with van der Waals surface area (Å²) >= 11 is 0. The second-order valence-corrected chi connectivity index (χ2v) is 11.8. The van der Waals surface area contributed by atoms with Crippen LogP contribution in [0.15, 0.2) is 152 Å². The molecule has 0 heterocycles. The van der Waals surface area contributed by atoms with Crippen molar-refractivity contribution in [1.82, 2.24) is 0 Å². The first-order valence-electron chi connectivity index (χ1n) is 11.5. The average Bonchev–Trinajstić information content (AvgIpc) is 2.94. The van der Waals surface area contributed by atoms with Gasteiger partial charge in [0, 0.05) is 11.1 Å². The summed E-state index contributed by atoms with van der Waals surface area (Å²) in [6, 6.07) is 51.9. The third kappa shape index (κ3) is 4.00. The molecule has 5 aromatic rings. The minimum atomic E-state index is -2.46. The van der Waals surface area contributed by atoms with Gasteiger partial charge in [0.15, 0.2) is 5.66 Å². The number of carbonyl (C=O) groups is 1. The van der Waals surface area contributed by atoms with Crippen LogP contribution in [0.1, 0.15) is 21.6 Å². The fraction of sp³-hybridized carbons (Fsp3) is 0.0312. The molecule has 0 aliphatic rings. The van der Waals surface area contributed by atoms with Gasteiger partial charge in [0.1, 0.15) is 23.2 Å². The van der Waals surface area contributed by atoms with Crippen molar-refractivity contribution in [2.24, 2.45) is 0 Å². The molecule has 0 spiro atoms. The van der Waals surface area contributed by atoms with E-state index in [2.05, 4.69) is 84.9 Å². The predicted octanol–water partition coefficient (Wildman–Crippen LogP) is 6.60. The van der Waals surface area contributed by atoms with E-state index in [1.54, 1.807) is 0 Å². The first kappa shape index (κ1) is 22.0. The lowest BCUT2D eigenvalue weighted by Crippen LogP contribution is -2.38. The number of hydrogen-bond acceptors (Lipinski definition) is 1. The summed E-state index contributed by atoms with van der Waals surface area (Å²) < 4.78 is 0. The van der Waals surface area contributed by atoms with Crippen molar-refractivity contribution in [2.75, 3.05) is 0 Å². The standard InChI is InChI=1S/C32H26OP/c33-31(26-16-6-1-7-17-26)32(27-18-8-2-9-19-27)34(28-20-10-3-11-21-28,29-22-12-4-13-23-29)30-24-14-5-15-25-30/h1-25,32H/q+1. The van der Waals surface area contributed by atoms with E-state index in [0.717, 1.165) is 11.1 Å². The summed E-state index contributed by atoms with van der Waals surface area (Å²) in [5.41, 5.74) is 1.42. The molecular weight excluding hydrogens is 431 g/mol. The zero-order valence-electron chi connectivity index (χ0n) is 18.9. The lowest BCUT2D eigenvalue weighted by atomic mass is 10.0. The van der Waals surface area contributed by atoms with Crippen LogP contribution in [0, 0.1) is 0 Å². The quantitative estimate of drug-likeness (QED) is 0.199. The monoisotopic (exact) mass is 457 g/mol. The zero-order chi connectivity index (χ0) is 23.2. The Kier molecular flexibility index (Phi) is 6.47. The Hall–Kier alpha value is -3.80. The molecule has 0 fully saturated rings. The summed E-state index contributed by atoms with van der Waals surface area (Å²) in [5.74, 6) is 0.150. The van der Waals surface area contributed by atoms with Gasteiger partial charge < -0.3 is 0 Å². The summed E-state index contributed by atoms with van der Waals surface area (Å²) in [4.78, 5) is 14.5. The van der Waals surface area contributed by atoms with Crippen LogP contribution in [0.5, 0.6) is 0 Å². The fourth-order valence-electron chi connectivity index (χ4n) is 4.83. The van der Waals surface area contributed by atoms with Gasteiger partial charge >= 0.3 is 0 Å². The Morgan fingerprint density at radius 1 is 0.441 bits per heavy atom. The van der Waals surface area contributed by atoms with Gasteiger partial charge in [-0.25, -0.2) is 0 Å². The molecular formula is C32H26OP+. The molecule has 0 amide bonds.